The van der Waals surface area contributed by atoms with Gasteiger partial charge in [-0.1, -0.05) is 53.6 Å². The predicted octanol–water partition coefficient (Wildman–Crippen LogP) is 6.65. The molecule has 4 rings (SSSR count). The minimum Gasteiger partial charge on any atom is -0.489 e. The third-order valence-electron chi connectivity index (χ3n) is 5.79. The summed E-state index contributed by atoms with van der Waals surface area (Å²) in [5, 5.41) is 8.37. The quantitative estimate of drug-likeness (QED) is 0.327. The molecule has 0 aliphatic rings. The summed E-state index contributed by atoms with van der Waals surface area (Å²) in [4.78, 5) is 13.0. The van der Waals surface area contributed by atoms with Gasteiger partial charge in [0.15, 0.2) is 0 Å². The van der Waals surface area contributed by atoms with Crippen molar-refractivity contribution in [1.82, 2.24) is 9.78 Å². The average Bonchev–Trinajstić information content (AvgIpc) is 3.07. The van der Waals surface area contributed by atoms with Crippen LogP contribution in [-0.2, 0) is 13.2 Å². The fourth-order valence-corrected chi connectivity index (χ4v) is 4.05. The second kappa shape index (κ2) is 10.1. The molecule has 4 aromatic rings. The molecule has 6 heteroatoms. The number of hydrogen-bond donors (Lipinski definition) is 1. The summed E-state index contributed by atoms with van der Waals surface area (Å²) in [7, 11) is 0. The second-order valence-electron chi connectivity index (χ2n) is 8.54. The summed E-state index contributed by atoms with van der Waals surface area (Å²) in [5.74, 6) is 0.595. The number of nitrogens with zero attached hydrogens (tertiary/aromatic N) is 2. The number of amides is 1. The first-order chi connectivity index (χ1) is 16.3. The zero-order valence-corrected chi connectivity index (χ0v) is 20.6. The third kappa shape index (κ3) is 5.49. The Morgan fingerprint density at radius 1 is 0.971 bits per heavy atom. The molecule has 1 N–H and O–H groups in total. The normalized spacial score (nSPS) is 10.9. The molecule has 0 atom stereocenters. The van der Waals surface area contributed by atoms with Crippen LogP contribution in [-0.4, -0.2) is 15.7 Å². The summed E-state index contributed by atoms with van der Waals surface area (Å²) in [6.45, 7) is 8.92. The van der Waals surface area contributed by atoms with Crippen LogP contribution >= 0.6 is 11.6 Å². The SMILES string of the molecule is Cc1ccc(Cn2nc(C)c(NC(=O)c3cccc(COc4ccc(Cl)cc4C)c3)c2C)cc1. The standard InChI is InChI=1S/C28H28ClN3O2/c1-18-8-10-22(11-9-18)16-32-21(4)27(20(3)31-32)30-28(33)24-7-5-6-23(15-24)17-34-26-13-12-25(29)14-19(26)2/h5-15H,16-17H2,1-4H3,(H,30,33). The number of aryl methyl sites for hydroxylation is 3. The first-order valence-electron chi connectivity index (χ1n) is 11.2. The van der Waals surface area contributed by atoms with Gasteiger partial charge in [0.2, 0.25) is 0 Å². The molecule has 0 spiro atoms. The van der Waals surface area contributed by atoms with E-state index in [1.54, 1.807) is 12.1 Å². The summed E-state index contributed by atoms with van der Waals surface area (Å²) in [6.07, 6.45) is 0. The van der Waals surface area contributed by atoms with E-state index in [2.05, 4.69) is 41.6 Å². The third-order valence-corrected chi connectivity index (χ3v) is 6.03. The van der Waals surface area contributed by atoms with Crippen LogP contribution in [0.15, 0.2) is 66.7 Å². The molecule has 0 saturated heterocycles. The Balaban J connectivity index is 1.45. The molecule has 1 aromatic heterocycles. The van der Waals surface area contributed by atoms with Crippen LogP contribution in [0.3, 0.4) is 0 Å². The lowest BCUT2D eigenvalue weighted by Gasteiger charge is -2.11. The number of rotatable bonds is 7. The monoisotopic (exact) mass is 473 g/mol. The van der Waals surface area contributed by atoms with E-state index >= 15 is 0 Å². The zero-order valence-electron chi connectivity index (χ0n) is 19.9. The number of nitrogens with one attached hydrogen (secondary N) is 1. The number of benzene rings is 3. The number of carbonyl (C=O) groups excluding carboxylic acids is 1. The van der Waals surface area contributed by atoms with E-state index in [0.717, 1.165) is 39.5 Å². The number of carbonyl (C=O) groups is 1. The smallest absolute Gasteiger partial charge is 0.255 e. The highest BCUT2D eigenvalue weighted by atomic mass is 35.5. The Kier molecular flexibility index (Phi) is 7.03. The number of aromatic nitrogens is 2. The Hall–Kier alpha value is -3.57. The van der Waals surface area contributed by atoms with Crippen molar-refractivity contribution in [2.24, 2.45) is 0 Å². The Labute approximate surface area is 205 Å². The topological polar surface area (TPSA) is 56.2 Å². The molecule has 174 valence electrons. The van der Waals surface area contributed by atoms with E-state index in [1.165, 1.54) is 5.56 Å². The second-order valence-corrected chi connectivity index (χ2v) is 8.98. The fraction of sp³-hybridized carbons (Fsp3) is 0.214. The summed E-state index contributed by atoms with van der Waals surface area (Å²) in [6, 6.07) is 21.4. The largest absolute Gasteiger partial charge is 0.489 e. The Morgan fingerprint density at radius 2 is 1.74 bits per heavy atom. The van der Waals surface area contributed by atoms with Crippen molar-refractivity contribution in [2.45, 2.75) is 40.8 Å². The fourth-order valence-electron chi connectivity index (χ4n) is 3.82. The molecule has 0 fully saturated rings. The molecule has 0 aliphatic heterocycles. The van der Waals surface area contributed by atoms with Crippen molar-refractivity contribution in [3.63, 3.8) is 0 Å². The van der Waals surface area contributed by atoms with Crippen molar-refractivity contribution >= 4 is 23.2 Å². The van der Waals surface area contributed by atoms with E-state index in [9.17, 15) is 4.79 Å². The van der Waals surface area contributed by atoms with Crippen molar-refractivity contribution in [1.29, 1.82) is 0 Å². The Bertz CT molecular complexity index is 1330. The van der Waals surface area contributed by atoms with Crippen LogP contribution in [0.4, 0.5) is 5.69 Å². The van der Waals surface area contributed by atoms with Gasteiger partial charge >= 0.3 is 0 Å². The van der Waals surface area contributed by atoms with Gasteiger partial charge in [0, 0.05) is 10.6 Å². The summed E-state index contributed by atoms with van der Waals surface area (Å²) in [5.41, 5.74) is 7.29. The number of halogens is 1. The maximum Gasteiger partial charge on any atom is 0.255 e. The molecule has 3 aromatic carbocycles. The lowest BCUT2D eigenvalue weighted by Crippen LogP contribution is -2.14. The highest BCUT2D eigenvalue weighted by molar-refractivity contribution is 6.30. The molecular formula is C28H28ClN3O2. The average molecular weight is 474 g/mol. The van der Waals surface area contributed by atoms with Crippen LogP contribution in [0, 0.1) is 27.7 Å². The number of hydrogen-bond acceptors (Lipinski definition) is 3. The molecule has 1 heterocycles. The highest BCUT2D eigenvalue weighted by Gasteiger charge is 2.16. The van der Waals surface area contributed by atoms with E-state index in [-0.39, 0.29) is 5.91 Å². The minimum atomic E-state index is -0.175. The maximum atomic E-state index is 13.0. The van der Waals surface area contributed by atoms with Crippen LogP contribution in [0.5, 0.6) is 5.75 Å². The lowest BCUT2D eigenvalue weighted by atomic mass is 10.1. The van der Waals surface area contributed by atoms with Gasteiger partial charge < -0.3 is 10.1 Å². The van der Waals surface area contributed by atoms with Gasteiger partial charge in [0.05, 0.1) is 23.6 Å². The summed E-state index contributed by atoms with van der Waals surface area (Å²) >= 11 is 6.02. The minimum absolute atomic E-state index is 0.175. The molecule has 0 saturated carbocycles. The van der Waals surface area contributed by atoms with E-state index < -0.39 is 0 Å². The molecule has 0 radical (unpaired) electrons. The van der Waals surface area contributed by atoms with Gasteiger partial charge in [-0.25, -0.2) is 0 Å². The van der Waals surface area contributed by atoms with Gasteiger partial charge in [0.1, 0.15) is 12.4 Å². The van der Waals surface area contributed by atoms with Crippen molar-refractivity contribution in [3.8, 4) is 5.75 Å². The van der Waals surface area contributed by atoms with Gasteiger partial charge in [-0.3, -0.25) is 9.48 Å². The van der Waals surface area contributed by atoms with Crippen LogP contribution < -0.4 is 10.1 Å². The van der Waals surface area contributed by atoms with Gasteiger partial charge in [-0.05, 0) is 74.7 Å². The van der Waals surface area contributed by atoms with E-state index in [4.69, 9.17) is 16.3 Å². The van der Waals surface area contributed by atoms with Crippen molar-refractivity contribution in [3.05, 3.63) is 111 Å². The van der Waals surface area contributed by atoms with Gasteiger partial charge in [-0.2, -0.15) is 5.10 Å². The molecule has 34 heavy (non-hydrogen) atoms. The molecule has 1 amide bonds. The van der Waals surface area contributed by atoms with Crippen molar-refractivity contribution < 1.29 is 9.53 Å². The highest BCUT2D eigenvalue weighted by Crippen LogP contribution is 2.24. The molecule has 0 aliphatic carbocycles. The molecular weight excluding hydrogens is 446 g/mol. The Morgan fingerprint density at radius 3 is 2.47 bits per heavy atom. The zero-order chi connectivity index (χ0) is 24.2. The van der Waals surface area contributed by atoms with Crippen LogP contribution in [0.2, 0.25) is 5.02 Å². The molecule has 5 nitrogen and oxygen atoms in total. The molecule has 0 bridgehead atoms. The van der Waals surface area contributed by atoms with Crippen LogP contribution in [0.25, 0.3) is 0 Å². The van der Waals surface area contributed by atoms with E-state index in [0.29, 0.717) is 23.7 Å². The predicted molar refractivity (Wildman–Crippen MR) is 137 cm³/mol. The van der Waals surface area contributed by atoms with Crippen molar-refractivity contribution in [2.75, 3.05) is 5.32 Å². The first kappa shape index (κ1) is 23.6. The van der Waals surface area contributed by atoms with Gasteiger partial charge in [0.25, 0.3) is 5.91 Å². The van der Waals surface area contributed by atoms with E-state index in [1.807, 2.05) is 55.8 Å². The van der Waals surface area contributed by atoms with Crippen LogP contribution in [0.1, 0.15) is 44.0 Å². The first-order valence-corrected chi connectivity index (χ1v) is 11.6. The van der Waals surface area contributed by atoms with Gasteiger partial charge in [-0.15, -0.1) is 0 Å². The lowest BCUT2D eigenvalue weighted by molar-refractivity contribution is 0.102. The molecule has 0 unspecified atom stereocenters. The maximum absolute atomic E-state index is 13.0. The number of anilines is 1. The summed E-state index contributed by atoms with van der Waals surface area (Å²) < 4.78 is 7.86. The number of ether oxygens (including phenoxy) is 1.